The van der Waals surface area contributed by atoms with E-state index in [1.54, 1.807) is 10.6 Å². The molecule has 3 rings (SSSR count). The summed E-state index contributed by atoms with van der Waals surface area (Å²) in [5.41, 5.74) is 3.91. The number of hydrogen-bond acceptors (Lipinski definition) is 5. The average molecular weight is 428 g/mol. The lowest BCUT2D eigenvalue weighted by molar-refractivity contribution is -0.113. The number of hydrogen-bond donors (Lipinski definition) is 1. The number of para-hydroxylation sites is 1. The number of aromatic nitrogens is 2. The summed E-state index contributed by atoms with van der Waals surface area (Å²) < 4.78 is 1.59. The van der Waals surface area contributed by atoms with Crippen LogP contribution in [0.25, 0.3) is 10.2 Å². The summed E-state index contributed by atoms with van der Waals surface area (Å²) in [5.74, 6) is 0.0627. The molecule has 0 saturated carbocycles. The maximum absolute atomic E-state index is 13.0. The maximum atomic E-state index is 13.0. The molecule has 2 heterocycles. The van der Waals surface area contributed by atoms with Crippen molar-refractivity contribution in [3.63, 3.8) is 0 Å². The van der Waals surface area contributed by atoms with Gasteiger partial charge in [-0.3, -0.25) is 14.2 Å². The Bertz CT molecular complexity index is 1150. The highest BCUT2D eigenvalue weighted by Crippen LogP contribution is 2.28. The second kappa shape index (κ2) is 8.97. The van der Waals surface area contributed by atoms with Crippen LogP contribution in [-0.2, 0) is 17.8 Å². The summed E-state index contributed by atoms with van der Waals surface area (Å²) in [6.45, 7) is 12.1. The highest BCUT2D eigenvalue weighted by Gasteiger charge is 2.17. The van der Waals surface area contributed by atoms with E-state index in [0.717, 1.165) is 38.5 Å². The zero-order valence-electron chi connectivity index (χ0n) is 17.2. The molecule has 0 bridgehead atoms. The Morgan fingerprint density at radius 2 is 2.10 bits per heavy atom. The second-order valence-corrected chi connectivity index (χ2v) is 9.01. The summed E-state index contributed by atoms with van der Waals surface area (Å²) in [7, 11) is 0. The van der Waals surface area contributed by atoms with Gasteiger partial charge in [0.1, 0.15) is 4.83 Å². The highest BCUT2D eigenvalue weighted by molar-refractivity contribution is 7.99. The Labute approximate surface area is 178 Å². The standard InChI is InChI=1S/C22H25N3O2S2/c1-6-11-25-21(27)18-14(4)15(5)29-20(18)24-22(25)28-12-17(26)23-19-13(3)9-8-10-16(19)7-2/h6,8-10H,1,7,11-12H2,2-5H3,(H,23,26). The molecule has 3 aromatic rings. The van der Waals surface area contributed by atoms with Crippen LogP contribution in [0.3, 0.4) is 0 Å². The number of rotatable bonds is 7. The zero-order chi connectivity index (χ0) is 21.1. The number of nitrogens with one attached hydrogen (secondary N) is 1. The van der Waals surface area contributed by atoms with Gasteiger partial charge in [-0.2, -0.15) is 0 Å². The summed E-state index contributed by atoms with van der Waals surface area (Å²) >= 11 is 2.79. The van der Waals surface area contributed by atoms with Crippen molar-refractivity contribution in [1.82, 2.24) is 9.55 Å². The van der Waals surface area contributed by atoms with E-state index in [9.17, 15) is 9.59 Å². The first-order valence-electron chi connectivity index (χ1n) is 9.49. The molecule has 29 heavy (non-hydrogen) atoms. The van der Waals surface area contributed by atoms with Gasteiger partial charge in [-0.25, -0.2) is 4.98 Å². The van der Waals surface area contributed by atoms with Crippen molar-refractivity contribution in [2.75, 3.05) is 11.1 Å². The summed E-state index contributed by atoms with van der Waals surface area (Å²) in [6.07, 6.45) is 2.52. The van der Waals surface area contributed by atoms with E-state index in [-0.39, 0.29) is 17.2 Å². The fourth-order valence-corrected chi connectivity index (χ4v) is 5.10. The van der Waals surface area contributed by atoms with E-state index >= 15 is 0 Å². The maximum Gasteiger partial charge on any atom is 0.263 e. The molecule has 2 aromatic heterocycles. The molecule has 0 radical (unpaired) electrons. The van der Waals surface area contributed by atoms with Gasteiger partial charge in [-0.15, -0.1) is 17.9 Å². The molecule has 152 valence electrons. The van der Waals surface area contributed by atoms with E-state index in [2.05, 4.69) is 23.8 Å². The highest BCUT2D eigenvalue weighted by atomic mass is 32.2. The fraction of sp³-hybridized carbons (Fsp3) is 0.318. The van der Waals surface area contributed by atoms with Crippen molar-refractivity contribution in [2.24, 2.45) is 0 Å². The second-order valence-electron chi connectivity index (χ2n) is 6.86. The molecule has 0 aliphatic carbocycles. The predicted molar refractivity (Wildman–Crippen MR) is 123 cm³/mol. The van der Waals surface area contributed by atoms with Crippen LogP contribution in [0.2, 0.25) is 0 Å². The van der Waals surface area contributed by atoms with Gasteiger partial charge in [0.05, 0.1) is 11.1 Å². The Balaban J connectivity index is 1.87. The van der Waals surface area contributed by atoms with Crippen LogP contribution in [-0.4, -0.2) is 21.2 Å². The molecular weight excluding hydrogens is 402 g/mol. The first-order valence-corrected chi connectivity index (χ1v) is 11.3. The van der Waals surface area contributed by atoms with Gasteiger partial charge in [0.2, 0.25) is 5.91 Å². The Kier molecular flexibility index (Phi) is 6.59. The largest absolute Gasteiger partial charge is 0.325 e. The van der Waals surface area contributed by atoms with Crippen molar-refractivity contribution in [3.8, 4) is 0 Å². The SMILES string of the molecule is C=CCn1c(SCC(=O)Nc2c(C)cccc2CC)nc2sc(C)c(C)c2c1=O. The van der Waals surface area contributed by atoms with Crippen molar-refractivity contribution in [1.29, 1.82) is 0 Å². The Morgan fingerprint density at radius 1 is 1.34 bits per heavy atom. The van der Waals surface area contributed by atoms with Crippen LogP contribution < -0.4 is 10.9 Å². The monoisotopic (exact) mass is 427 g/mol. The fourth-order valence-electron chi connectivity index (χ4n) is 3.22. The number of thiophene rings is 1. The van der Waals surface area contributed by atoms with Gasteiger partial charge in [0.15, 0.2) is 5.16 Å². The van der Waals surface area contributed by atoms with Crippen molar-refractivity contribution in [2.45, 2.75) is 45.8 Å². The molecule has 7 heteroatoms. The lowest BCUT2D eigenvalue weighted by Crippen LogP contribution is -2.24. The van der Waals surface area contributed by atoms with Gasteiger partial charge in [0, 0.05) is 17.1 Å². The smallest absolute Gasteiger partial charge is 0.263 e. The van der Waals surface area contributed by atoms with Crippen LogP contribution in [0.1, 0.15) is 28.5 Å². The molecule has 5 nitrogen and oxygen atoms in total. The van der Waals surface area contributed by atoms with E-state index in [1.807, 2.05) is 39.0 Å². The van der Waals surface area contributed by atoms with E-state index < -0.39 is 0 Å². The number of aryl methyl sites for hydroxylation is 4. The Hall–Kier alpha value is -2.38. The van der Waals surface area contributed by atoms with Crippen LogP contribution in [0, 0.1) is 20.8 Å². The molecule has 0 atom stereocenters. The minimum atomic E-state index is -0.114. The summed E-state index contributed by atoms with van der Waals surface area (Å²) in [6, 6.07) is 6.01. The third-order valence-corrected chi connectivity index (χ3v) is 6.98. The summed E-state index contributed by atoms with van der Waals surface area (Å²) in [5, 5.41) is 4.23. The minimum absolute atomic E-state index is 0.0770. The first kappa shape index (κ1) is 21.3. The average Bonchev–Trinajstić information content (AvgIpc) is 2.98. The van der Waals surface area contributed by atoms with E-state index in [1.165, 1.54) is 23.1 Å². The molecule has 0 aliphatic rings. The number of carbonyl (C=O) groups is 1. The molecule has 0 spiro atoms. The quantitative estimate of drug-likeness (QED) is 0.332. The number of fused-ring (bicyclic) bond motifs is 1. The van der Waals surface area contributed by atoms with Crippen LogP contribution in [0.4, 0.5) is 5.69 Å². The van der Waals surface area contributed by atoms with Crippen molar-refractivity contribution >= 4 is 44.9 Å². The number of benzene rings is 1. The topological polar surface area (TPSA) is 64.0 Å². The molecule has 1 aromatic carbocycles. The number of amides is 1. The lowest BCUT2D eigenvalue weighted by Gasteiger charge is -2.13. The predicted octanol–water partition coefficient (Wildman–Crippen LogP) is 4.86. The van der Waals surface area contributed by atoms with Crippen LogP contribution >= 0.6 is 23.1 Å². The van der Waals surface area contributed by atoms with Gasteiger partial charge in [0.25, 0.3) is 5.56 Å². The minimum Gasteiger partial charge on any atom is -0.325 e. The zero-order valence-corrected chi connectivity index (χ0v) is 18.8. The lowest BCUT2D eigenvalue weighted by atomic mass is 10.1. The van der Waals surface area contributed by atoms with E-state index in [4.69, 9.17) is 0 Å². The number of allylic oxidation sites excluding steroid dienone is 1. The molecule has 0 saturated heterocycles. The van der Waals surface area contributed by atoms with Gasteiger partial charge < -0.3 is 5.32 Å². The van der Waals surface area contributed by atoms with Gasteiger partial charge in [-0.1, -0.05) is 43.0 Å². The normalized spacial score (nSPS) is 11.0. The molecule has 1 amide bonds. The first-order chi connectivity index (χ1) is 13.9. The third-order valence-electron chi connectivity index (χ3n) is 4.90. The number of anilines is 1. The van der Waals surface area contributed by atoms with Crippen LogP contribution in [0.5, 0.6) is 0 Å². The van der Waals surface area contributed by atoms with E-state index in [0.29, 0.717) is 17.1 Å². The van der Waals surface area contributed by atoms with Crippen molar-refractivity contribution < 1.29 is 4.79 Å². The van der Waals surface area contributed by atoms with Crippen LogP contribution in [0.15, 0.2) is 40.8 Å². The van der Waals surface area contributed by atoms with Crippen molar-refractivity contribution in [3.05, 3.63) is 62.8 Å². The Morgan fingerprint density at radius 3 is 2.79 bits per heavy atom. The molecule has 0 fully saturated rings. The summed E-state index contributed by atoms with van der Waals surface area (Å²) in [4.78, 5) is 32.1. The number of carbonyl (C=O) groups excluding carboxylic acids is 1. The molecule has 0 aliphatic heterocycles. The van der Waals surface area contributed by atoms with Gasteiger partial charge >= 0.3 is 0 Å². The molecular formula is C22H25N3O2S2. The molecule has 1 N–H and O–H groups in total. The number of thioether (sulfide) groups is 1. The third kappa shape index (κ3) is 4.31. The number of nitrogens with zero attached hydrogens (tertiary/aromatic N) is 2. The van der Waals surface area contributed by atoms with Gasteiger partial charge in [-0.05, 0) is 43.9 Å². The molecule has 0 unspecified atom stereocenters.